The summed E-state index contributed by atoms with van der Waals surface area (Å²) in [4.78, 5) is 0. The van der Waals surface area contributed by atoms with Crippen molar-refractivity contribution < 1.29 is 8.42 Å². The molecule has 0 aromatic carbocycles. The maximum atomic E-state index is 11.3. The third-order valence-corrected chi connectivity index (χ3v) is 6.65. The van der Waals surface area contributed by atoms with E-state index < -0.39 is 9.84 Å². The van der Waals surface area contributed by atoms with E-state index in [0.29, 0.717) is 12.2 Å². The van der Waals surface area contributed by atoms with Gasteiger partial charge in [-0.3, -0.25) is 0 Å². The van der Waals surface area contributed by atoms with Crippen molar-refractivity contribution in [2.24, 2.45) is 0 Å². The first kappa shape index (κ1) is 18.2. The fourth-order valence-corrected chi connectivity index (χ4v) is 5.22. The summed E-state index contributed by atoms with van der Waals surface area (Å²) in [7, 11) is -2.81. The van der Waals surface area contributed by atoms with Gasteiger partial charge in [-0.2, -0.15) is 0 Å². The molecule has 1 heterocycles. The Morgan fingerprint density at radius 3 is 2.45 bits per heavy atom. The van der Waals surface area contributed by atoms with Crippen LogP contribution in [0.3, 0.4) is 0 Å². The Labute approximate surface area is 133 Å². The van der Waals surface area contributed by atoms with Crippen LogP contribution in [0.1, 0.15) is 58.3 Å². The second-order valence-corrected chi connectivity index (χ2v) is 9.50. The van der Waals surface area contributed by atoms with E-state index in [9.17, 15) is 8.42 Å². The number of rotatable bonds is 9. The quantitative estimate of drug-likeness (QED) is 0.515. The molecule has 0 aromatic rings. The molecule has 0 aliphatic carbocycles. The molecule has 1 aliphatic heterocycles. The van der Waals surface area contributed by atoms with Crippen LogP contribution >= 0.6 is 24.0 Å². The van der Waals surface area contributed by atoms with E-state index >= 15 is 0 Å². The number of thiocarbonyl (C=S) groups is 1. The number of nitrogens with one attached hydrogen (secondary N) is 1. The largest absolute Gasteiger partial charge is 0.367 e. The zero-order chi connectivity index (χ0) is 14.8. The van der Waals surface area contributed by atoms with Gasteiger partial charge < -0.3 is 5.32 Å². The van der Waals surface area contributed by atoms with Crippen molar-refractivity contribution in [1.82, 2.24) is 5.32 Å². The Balaban J connectivity index is 1.96. The van der Waals surface area contributed by atoms with Gasteiger partial charge in [0, 0.05) is 11.8 Å². The molecule has 0 radical (unpaired) electrons. The molecule has 1 aliphatic rings. The van der Waals surface area contributed by atoms with Crippen LogP contribution in [0.5, 0.6) is 0 Å². The van der Waals surface area contributed by atoms with E-state index in [1.807, 2.05) is 0 Å². The number of hydrogen-bond acceptors (Lipinski definition) is 4. The molecule has 0 amide bonds. The van der Waals surface area contributed by atoms with Crippen LogP contribution in [-0.2, 0) is 9.84 Å². The summed E-state index contributed by atoms with van der Waals surface area (Å²) in [6.07, 6.45) is 9.85. The molecule has 1 atom stereocenters. The van der Waals surface area contributed by atoms with Gasteiger partial charge in [-0.05, 0) is 12.8 Å². The molecular formula is C14H27NO2S3. The van der Waals surface area contributed by atoms with Crippen molar-refractivity contribution in [3.8, 4) is 0 Å². The highest BCUT2D eigenvalue weighted by atomic mass is 32.2. The molecule has 1 saturated heterocycles. The number of sulfone groups is 1. The normalized spacial score (nSPS) is 20.9. The van der Waals surface area contributed by atoms with Crippen LogP contribution in [-0.4, -0.2) is 36.0 Å². The lowest BCUT2D eigenvalue weighted by Gasteiger charge is -2.12. The van der Waals surface area contributed by atoms with Gasteiger partial charge in [0.05, 0.1) is 11.5 Å². The Kier molecular flexibility index (Phi) is 9.13. The zero-order valence-electron chi connectivity index (χ0n) is 12.4. The molecule has 1 unspecified atom stereocenters. The van der Waals surface area contributed by atoms with Crippen LogP contribution in [0, 0.1) is 0 Å². The monoisotopic (exact) mass is 337 g/mol. The lowest BCUT2D eigenvalue weighted by molar-refractivity contribution is 0.600. The van der Waals surface area contributed by atoms with Crippen molar-refractivity contribution in [3.05, 3.63) is 0 Å². The average molecular weight is 338 g/mol. The van der Waals surface area contributed by atoms with E-state index in [4.69, 9.17) is 12.2 Å². The van der Waals surface area contributed by atoms with Gasteiger partial charge in [0.1, 0.15) is 4.32 Å². The third kappa shape index (κ3) is 8.47. The van der Waals surface area contributed by atoms with Gasteiger partial charge in [0.2, 0.25) is 0 Å². The maximum absolute atomic E-state index is 11.3. The average Bonchev–Trinajstić information content (AvgIpc) is 2.72. The van der Waals surface area contributed by atoms with Gasteiger partial charge in [0.25, 0.3) is 0 Å². The molecule has 0 aromatic heterocycles. The Hall–Kier alpha value is 0.190. The van der Waals surface area contributed by atoms with Crippen LogP contribution in [0.25, 0.3) is 0 Å². The van der Waals surface area contributed by atoms with Gasteiger partial charge >= 0.3 is 0 Å². The van der Waals surface area contributed by atoms with Crippen molar-refractivity contribution in [2.75, 3.05) is 17.3 Å². The van der Waals surface area contributed by atoms with Crippen LogP contribution in [0.2, 0.25) is 0 Å². The van der Waals surface area contributed by atoms with Crippen molar-refractivity contribution in [2.45, 2.75) is 64.3 Å². The van der Waals surface area contributed by atoms with Crippen molar-refractivity contribution >= 4 is 38.1 Å². The minimum Gasteiger partial charge on any atom is -0.367 e. The van der Waals surface area contributed by atoms with E-state index in [-0.39, 0.29) is 11.8 Å². The summed E-state index contributed by atoms with van der Waals surface area (Å²) in [6.45, 7) is 2.24. The smallest absolute Gasteiger partial charge is 0.152 e. The standard InChI is InChI=1S/C14H27NO2S3/c1-2-3-4-5-6-7-8-10-19-14(18)15-13-9-11-20(16,17)12-13/h13H,2-12H2,1H3,(H,15,18). The van der Waals surface area contributed by atoms with Crippen LogP contribution in [0.15, 0.2) is 0 Å². The van der Waals surface area contributed by atoms with Crippen LogP contribution < -0.4 is 5.32 Å². The zero-order valence-corrected chi connectivity index (χ0v) is 14.8. The third-order valence-electron chi connectivity index (χ3n) is 3.54. The number of hydrogen-bond donors (Lipinski definition) is 1. The first-order valence-electron chi connectivity index (χ1n) is 7.67. The Bertz CT molecular complexity index is 382. The molecule has 6 heteroatoms. The van der Waals surface area contributed by atoms with E-state index in [2.05, 4.69) is 12.2 Å². The summed E-state index contributed by atoms with van der Waals surface area (Å²) in [5.41, 5.74) is 0. The molecule has 1 N–H and O–H groups in total. The molecule has 20 heavy (non-hydrogen) atoms. The number of thioether (sulfide) groups is 1. The summed E-state index contributed by atoms with van der Waals surface area (Å²) in [5, 5.41) is 3.17. The second-order valence-electron chi connectivity index (χ2n) is 5.50. The SMILES string of the molecule is CCCCCCCCCSC(=S)NC1CCS(=O)(=O)C1. The fraction of sp³-hybridized carbons (Fsp3) is 0.929. The van der Waals surface area contributed by atoms with Crippen LogP contribution in [0.4, 0.5) is 0 Å². The minimum atomic E-state index is -2.81. The molecule has 0 spiro atoms. The number of unbranched alkanes of at least 4 members (excludes halogenated alkanes) is 6. The van der Waals surface area contributed by atoms with E-state index in [1.54, 1.807) is 11.8 Å². The summed E-state index contributed by atoms with van der Waals surface area (Å²) < 4.78 is 23.4. The van der Waals surface area contributed by atoms with Crippen molar-refractivity contribution in [1.29, 1.82) is 0 Å². The van der Waals surface area contributed by atoms with Gasteiger partial charge in [-0.1, -0.05) is 69.4 Å². The molecule has 0 saturated carbocycles. The Morgan fingerprint density at radius 1 is 1.20 bits per heavy atom. The van der Waals surface area contributed by atoms with Gasteiger partial charge in [0.15, 0.2) is 9.84 Å². The molecule has 0 bridgehead atoms. The second kappa shape index (κ2) is 10.0. The highest BCUT2D eigenvalue weighted by Crippen LogP contribution is 2.15. The molecule has 1 fully saturated rings. The van der Waals surface area contributed by atoms with E-state index in [0.717, 1.165) is 10.1 Å². The highest BCUT2D eigenvalue weighted by molar-refractivity contribution is 8.22. The summed E-state index contributed by atoms with van der Waals surface area (Å²) in [6, 6.07) is 0.0362. The minimum absolute atomic E-state index is 0.0362. The van der Waals surface area contributed by atoms with E-state index in [1.165, 1.54) is 44.9 Å². The van der Waals surface area contributed by atoms with Gasteiger partial charge in [-0.25, -0.2) is 8.42 Å². The molecule has 3 nitrogen and oxygen atoms in total. The first-order chi connectivity index (χ1) is 9.53. The lowest BCUT2D eigenvalue weighted by atomic mass is 10.1. The highest BCUT2D eigenvalue weighted by Gasteiger charge is 2.28. The van der Waals surface area contributed by atoms with Crippen molar-refractivity contribution in [3.63, 3.8) is 0 Å². The Morgan fingerprint density at radius 2 is 1.85 bits per heavy atom. The molecule has 1 rings (SSSR count). The lowest BCUT2D eigenvalue weighted by Crippen LogP contribution is -2.32. The first-order valence-corrected chi connectivity index (χ1v) is 10.9. The fourth-order valence-electron chi connectivity index (χ4n) is 2.34. The summed E-state index contributed by atoms with van der Waals surface area (Å²) >= 11 is 6.92. The predicted octanol–water partition coefficient (Wildman–Crippen LogP) is 3.53. The maximum Gasteiger partial charge on any atom is 0.152 e. The molecular weight excluding hydrogens is 310 g/mol. The molecule has 118 valence electrons. The summed E-state index contributed by atoms with van der Waals surface area (Å²) in [5.74, 6) is 1.58. The predicted molar refractivity (Wildman–Crippen MR) is 93.2 cm³/mol. The van der Waals surface area contributed by atoms with Gasteiger partial charge in [-0.15, -0.1) is 0 Å². The topological polar surface area (TPSA) is 46.2 Å².